The molecule has 0 radical (unpaired) electrons. The first-order valence-electron chi connectivity index (χ1n) is 8.82. The van der Waals surface area contributed by atoms with Crippen molar-refractivity contribution in [3.8, 4) is 11.3 Å². The lowest BCUT2D eigenvalue weighted by atomic mass is 10.1. The summed E-state index contributed by atoms with van der Waals surface area (Å²) in [4.78, 5) is 28.2. The maximum Gasteiger partial charge on any atom is 0.410 e. The molecule has 1 aliphatic heterocycles. The van der Waals surface area contributed by atoms with E-state index in [4.69, 9.17) is 16.3 Å². The smallest absolute Gasteiger partial charge is 0.410 e. The van der Waals surface area contributed by atoms with Crippen molar-refractivity contribution in [2.45, 2.75) is 26.4 Å². The Morgan fingerprint density at radius 1 is 1.11 bits per heavy atom. The van der Waals surface area contributed by atoms with Crippen molar-refractivity contribution < 1.29 is 14.3 Å². The second-order valence-corrected chi connectivity index (χ2v) is 7.81. The van der Waals surface area contributed by atoms with Gasteiger partial charge >= 0.3 is 6.09 Å². The van der Waals surface area contributed by atoms with E-state index in [1.54, 1.807) is 21.9 Å². The zero-order valence-corrected chi connectivity index (χ0v) is 16.4. The fourth-order valence-corrected chi connectivity index (χ4v) is 3.06. The SMILES string of the molecule is CC(C)(C)OC(=O)N1CCN(C(=O)c2cc(-c3ccccc3Cl)n[nH]2)CC1. The molecule has 0 spiro atoms. The summed E-state index contributed by atoms with van der Waals surface area (Å²) in [6.45, 7) is 7.26. The number of halogens is 1. The molecule has 0 aliphatic carbocycles. The fraction of sp³-hybridized carbons (Fsp3) is 0.421. The summed E-state index contributed by atoms with van der Waals surface area (Å²) < 4.78 is 5.38. The molecule has 1 saturated heterocycles. The van der Waals surface area contributed by atoms with Crippen LogP contribution < -0.4 is 0 Å². The second-order valence-electron chi connectivity index (χ2n) is 7.41. The number of carbonyl (C=O) groups is 2. The van der Waals surface area contributed by atoms with E-state index in [-0.39, 0.29) is 12.0 Å². The molecule has 1 aromatic carbocycles. The third-order valence-electron chi connectivity index (χ3n) is 4.18. The molecule has 1 aromatic heterocycles. The van der Waals surface area contributed by atoms with Crippen molar-refractivity contribution in [3.05, 3.63) is 41.0 Å². The number of ether oxygens (including phenoxy) is 1. The molecule has 2 aromatic rings. The zero-order chi connectivity index (χ0) is 19.6. The van der Waals surface area contributed by atoms with Crippen LogP contribution in [0.4, 0.5) is 4.79 Å². The Morgan fingerprint density at radius 2 is 1.74 bits per heavy atom. The molecule has 144 valence electrons. The van der Waals surface area contributed by atoms with E-state index in [9.17, 15) is 9.59 Å². The van der Waals surface area contributed by atoms with Gasteiger partial charge in [0.2, 0.25) is 0 Å². The molecule has 3 rings (SSSR count). The number of hydrogen-bond acceptors (Lipinski definition) is 4. The first-order chi connectivity index (χ1) is 12.7. The van der Waals surface area contributed by atoms with Crippen molar-refractivity contribution in [1.82, 2.24) is 20.0 Å². The molecular formula is C19H23ClN4O3. The maximum atomic E-state index is 12.7. The van der Waals surface area contributed by atoms with Gasteiger partial charge in [-0.15, -0.1) is 0 Å². The summed E-state index contributed by atoms with van der Waals surface area (Å²) in [6, 6.07) is 9.04. The second kappa shape index (κ2) is 7.60. The Morgan fingerprint density at radius 3 is 2.37 bits per heavy atom. The highest BCUT2D eigenvalue weighted by atomic mass is 35.5. The van der Waals surface area contributed by atoms with Gasteiger partial charge < -0.3 is 14.5 Å². The molecule has 0 saturated carbocycles. The summed E-state index contributed by atoms with van der Waals surface area (Å²) in [6.07, 6.45) is -0.350. The predicted octanol–water partition coefficient (Wildman–Crippen LogP) is 3.42. The molecule has 1 N–H and O–H groups in total. The third-order valence-corrected chi connectivity index (χ3v) is 4.51. The number of nitrogens with zero attached hydrogens (tertiary/aromatic N) is 3. The number of amides is 2. The molecule has 0 atom stereocenters. The quantitative estimate of drug-likeness (QED) is 0.852. The molecule has 27 heavy (non-hydrogen) atoms. The normalized spacial score (nSPS) is 15.0. The Balaban J connectivity index is 1.62. The number of rotatable bonds is 2. The van der Waals surface area contributed by atoms with E-state index in [1.165, 1.54) is 0 Å². The monoisotopic (exact) mass is 390 g/mol. The van der Waals surface area contributed by atoms with Crippen molar-refractivity contribution in [2.75, 3.05) is 26.2 Å². The number of aromatic amines is 1. The number of hydrogen-bond donors (Lipinski definition) is 1. The lowest BCUT2D eigenvalue weighted by Gasteiger charge is -2.35. The lowest BCUT2D eigenvalue weighted by molar-refractivity contribution is 0.0140. The molecule has 0 unspecified atom stereocenters. The van der Waals surface area contributed by atoms with Crippen LogP contribution in [0.15, 0.2) is 30.3 Å². The van der Waals surface area contributed by atoms with Gasteiger partial charge in [-0.1, -0.05) is 29.8 Å². The topological polar surface area (TPSA) is 78.5 Å². The Bertz CT molecular complexity index is 835. The van der Waals surface area contributed by atoms with Gasteiger partial charge in [-0.2, -0.15) is 5.10 Å². The Hall–Kier alpha value is -2.54. The van der Waals surface area contributed by atoms with Gasteiger partial charge in [0, 0.05) is 31.7 Å². The van der Waals surface area contributed by atoms with Crippen molar-refractivity contribution in [1.29, 1.82) is 0 Å². The molecule has 8 heteroatoms. The van der Waals surface area contributed by atoms with E-state index in [1.807, 2.05) is 39.0 Å². The minimum Gasteiger partial charge on any atom is -0.444 e. The predicted molar refractivity (Wildman–Crippen MR) is 103 cm³/mol. The highest BCUT2D eigenvalue weighted by molar-refractivity contribution is 6.33. The van der Waals surface area contributed by atoms with Crippen molar-refractivity contribution in [3.63, 3.8) is 0 Å². The Kier molecular flexibility index (Phi) is 5.41. The van der Waals surface area contributed by atoms with Crippen molar-refractivity contribution >= 4 is 23.6 Å². The van der Waals surface area contributed by atoms with Crippen LogP contribution >= 0.6 is 11.6 Å². The standard InChI is InChI=1S/C19H23ClN4O3/c1-19(2,3)27-18(26)24-10-8-23(9-11-24)17(25)16-12-15(21-22-16)13-6-4-5-7-14(13)20/h4-7,12H,8-11H2,1-3H3,(H,21,22). The zero-order valence-electron chi connectivity index (χ0n) is 15.7. The van der Waals surface area contributed by atoms with Crippen LogP contribution in [0.3, 0.4) is 0 Å². The summed E-state index contributed by atoms with van der Waals surface area (Å²) in [5.74, 6) is -0.148. The molecular weight excluding hydrogens is 368 g/mol. The van der Waals surface area contributed by atoms with Gasteiger partial charge in [0.05, 0.1) is 10.7 Å². The van der Waals surface area contributed by atoms with Gasteiger partial charge in [-0.05, 0) is 32.9 Å². The van der Waals surface area contributed by atoms with Crippen LogP contribution in [-0.4, -0.2) is 63.8 Å². The van der Waals surface area contributed by atoms with Crippen LogP contribution in [-0.2, 0) is 4.74 Å². The Labute approximate surface area is 163 Å². The first kappa shape index (κ1) is 19.2. The van der Waals surface area contributed by atoms with Gasteiger partial charge in [0.25, 0.3) is 5.91 Å². The number of aromatic nitrogens is 2. The van der Waals surface area contributed by atoms with Crippen LogP contribution in [0.5, 0.6) is 0 Å². The fourth-order valence-electron chi connectivity index (χ4n) is 2.83. The van der Waals surface area contributed by atoms with E-state index in [2.05, 4.69) is 10.2 Å². The number of H-pyrrole nitrogens is 1. The van der Waals surface area contributed by atoms with Gasteiger partial charge in [-0.3, -0.25) is 9.89 Å². The average Bonchev–Trinajstić information content (AvgIpc) is 3.10. The van der Waals surface area contributed by atoms with Gasteiger partial charge in [0.15, 0.2) is 0 Å². The van der Waals surface area contributed by atoms with Crippen LogP contribution in [0.2, 0.25) is 5.02 Å². The molecule has 1 aliphatic rings. The van der Waals surface area contributed by atoms with Crippen LogP contribution in [0.1, 0.15) is 31.3 Å². The summed E-state index contributed by atoms with van der Waals surface area (Å²) in [5.41, 5.74) is 1.26. The number of carbonyl (C=O) groups excluding carboxylic acids is 2. The molecule has 0 bridgehead atoms. The molecule has 7 nitrogen and oxygen atoms in total. The summed E-state index contributed by atoms with van der Waals surface area (Å²) in [7, 11) is 0. The highest BCUT2D eigenvalue weighted by Gasteiger charge is 2.28. The third kappa shape index (κ3) is 4.60. The lowest BCUT2D eigenvalue weighted by Crippen LogP contribution is -2.51. The van der Waals surface area contributed by atoms with E-state index < -0.39 is 5.60 Å². The molecule has 1 fully saturated rings. The largest absolute Gasteiger partial charge is 0.444 e. The minimum absolute atomic E-state index is 0.148. The average molecular weight is 391 g/mol. The van der Waals surface area contributed by atoms with Crippen LogP contribution in [0, 0.1) is 0 Å². The number of piperazine rings is 1. The number of nitrogens with one attached hydrogen (secondary N) is 1. The maximum absolute atomic E-state index is 12.7. The van der Waals surface area contributed by atoms with Crippen LogP contribution in [0.25, 0.3) is 11.3 Å². The van der Waals surface area contributed by atoms with E-state index >= 15 is 0 Å². The molecule has 2 heterocycles. The van der Waals surface area contributed by atoms with E-state index in [0.717, 1.165) is 5.56 Å². The van der Waals surface area contributed by atoms with E-state index in [0.29, 0.717) is 42.6 Å². The van der Waals surface area contributed by atoms with Gasteiger partial charge in [-0.25, -0.2) is 4.79 Å². The summed E-state index contributed by atoms with van der Waals surface area (Å²) in [5, 5.41) is 7.57. The highest BCUT2D eigenvalue weighted by Crippen LogP contribution is 2.26. The molecule has 2 amide bonds. The first-order valence-corrected chi connectivity index (χ1v) is 9.20. The van der Waals surface area contributed by atoms with Crippen molar-refractivity contribution in [2.24, 2.45) is 0 Å². The van der Waals surface area contributed by atoms with Gasteiger partial charge in [0.1, 0.15) is 11.3 Å². The summed E-state index contributed by atoms with van der Waals surface area (Å²) >= 11 is 6.19. The minimum atomic E-state index is -0.533. The number of benzene rings is 1.